The Hall–Kier alpha value is -1.49. The second-order valence-corrected chi connectivity index (χ2v) is 4.76. The molecule has 3 atom stereocenters. The number of carbonyl (C=O) groups is 1. The molecule has 0 radical (unpaired) electrons. The molecular formula is C13H15F2NO2. The van der Waals surface area contributed by atoms with Crippen LogP contribution in [0, 0.1) is 17.6 Å². The predicted octanol–water partition coefficient (Wildman–Crippen LogP) is 1.79. The predicted molar refractivity (Wildman–Crippen MR) is 61.7 cm³/mol. The molecule has 1 fully saturated rings. The zero-order chi connectivity index (χ0) is 13.3. The molecule has 18 heavy (non-hydrogen) atoms. The summed E-state index contributed by atoms with van der Waals surface area (Å²) in [6.07, 6.45) is 0.454. The summed E-state index contributed by atoms with van der Waals surface area (Å²) in [6.45, 7) is 1.77. The maximum absolute atomic E-state index is 13.0. The molecule has 2 N–H and O–H groups in total. The Morgan fingerprint density at radius 3 is 2.50 bits per heavy atom. The summed E-state index contributed by atoms with van der Waals surface area (Å²) in [5.41, 5.74) is 6.38. The van der Waals surface area contributed by atoms with Gasteiger partial charge in [0.2, 0.25) is 0 Å². The standard InChI is InChI=1S/C13H15F2NO2/c1-7-2-12(18-13(7)17)11(16)5-8-3-9(14)6-10(15)4-8/h3-4,6-7,11-12H,2,5,16H2,1H3. The van der Waals surface area contributed by atoms with Crippen molar-refractivity contribution < 1.29 is 18.3 Å². The molecule has 1 aromatic rings. The van der Waals surface area contributed by atoms with E-state index in [1.54, 1.807) is 6.92 Å². The molecule has 1 heterocycles. The SMILES string of the molecule is CC1CC(C(N)Cc2cc(F)cc(F)c2)OC1=O. The van der Waals surface area contributed by atoms with Crippen LogP contribution in [0.3, 0.4) is 0 Å². The first kappa shape index (κ1) is 13.0. The minimum atomic E-state index is -0.631. The monoisotopic (exact) mass is 255 g/mol. The number of ether oxygens (including phenoxy) is 1. The van der Waals surface area contributed by atoms with Gasteiger partial charge in [0.05, 0.1) is 5.92 Å². The van der Waals surface area contributed by atoms with Gasteiger partial charge < -0.3 is 10.5 Å². The van der Waals surface area contributed by atoms with E-state index in [4.69, 9.17) is 10.5 Å². The summed E-state index contributed by atoms with van der Waals surface area (Å²) in [7, 11) is 0. The molecule has 0 aromatic heterocycles. The molecule has 1 aliphatic rings. The van der Waals surface area contributed by atoms with Gasteiger partial charge in [-0.15, -0.1) is 0 Å². The molecule has 98 valence electrons. The Balaban J connectivity index is 2.03. The Labute approximate surface area is 104 Å². The molecule has 3 nitrogen and oxygen atoms in total. The third kappa shape index (κ3) is 2.85. The first-order valence-electron chi connectivity index (χ1n) is 5.86. The van der Waals surface area contributed by atoms with E-state index in [2.05, 4.69) is 0 Å². The highest BCUT2D eigenvalue weighted by atomic mass is 19.1. The van der Waals surface area contributed by atoms with Crippen molar-refractivity contribution in [1.29, 1.82) is 0 Å². The van der Waals surface area contributed by atoms with Gasteiger partial charge in [-0.05, 0) is 30.5 Å². The minimum absolute atomic E-state index is 0.162. The van der Waals surface area contributed by atoms with E-state index >= 15 is 0 Å². The average Bonchev–Trinajstić information content (AvgIpc) is 2.57. The van der Waals surface area contributed by atoms with Crippen LogP contribution in [-0.4, -0.2) is 18.1 Å². The molecule has 0 amide bonds. The smallest absolute Gasteiger partial charge is 0.309 e. The molecular weight excluding hydrogens is 240 g/mol. The number of hydrogen-bond donors (Lipinski definition) is 1. The van der Waals surface area contributed by atoms with E-state index in [-0.39, 0.29) is 24.4 Å². The van der Waals surface area contributed by atoms with E-state index in [0.717, 1.165) is 6.07 Å². The number of benzene rings is 1. The zero-order valence-corrected chi connectivity index (χ0v) is 10.0. The topological polar surface area (TPSA) is 52.3 Å². The molecule has 1 saturated heterocycles. The molecule has 0 saturated carbocycles. The van der Waals surface area contributed by atoms with Crippen molar-refractivity contribution in [3.8, 4) is 0 Å². The van der Waals surface area contributed by atoms with Gasteiger partial charge in [-0.2, -0.15) is 0 Å². The maximum Gasteiger partial charge on any atom is 0.309 e. The number of carbonyl (C=O) groups excluding carboxylic acids is 1. The van der Waals surface area contributed by atoms with Crippen LogP contribution in [0.2, 0.25) is 0 Å². The van der Waals surface area contributed by atoms with Crippen molar-refractivity contribution in [1.82, 2.24) is 0 Å². The molecule has 1 aromatic carbocycles. The van der Waals surface area contributed by atoms with Crippen molar-refractivity contribution in [3.05, 3.63) is 35.4 Å². The van der Waals surface area contributed by atoms with Crippen LogP contribution in [-0.2, 0) is 16.0 Å². The molecule has 5 heteroatoms. The fourth-order valence-corrected chi connectivity index (χ4v) is 2.15. The van der Waals surface area contributed by atoms with Crippen LogP contribution in [0.4, 0.5) is 8.78 Å². The first-order chi connectivity index (χ1) is 8.45. The van der Waals surface area contributed by atoms with Crippen molar-refractivity contribution in [2.45, 2.75) is 31.9 Å². The van der Waals surface area contributed by atoms with Gasteiger partial charge >= 0.3 is 5.97 Å². The number of halogens is 2. The van der Waals surface area contributed by atoms with Crippen molar-refractivity contribution in [3.63, 3.8) is 0 Å². The van der Waals surface area contributed by atoms with Crippen molar-refractivity contribution >= 4 is 5.97 Å². The lowest BCUT2D eigenvalue weighted by Crippen LogP contribution is -2.36. The molecule has 1 aliphatic heterocycles. The normalized spacial score (nSPS) is 25.0. The second-order valence-electron chi connectivity index (χ2n) is 4.76. The van der Waals surface area contributed by atoms with Crippen molar-refractivity contribution in [2.24, 2.45) is 11.7 Å². The average molecular weight is 255 g/mol. The van der Waals surface area contributed by atoms with Crippen LogP contribution in [0.15, 0.2) is 18.2 Å². The highest BCUT2D eigenvalue weighted by molar-refractivity contribution is 5.74. The number of rotatable bonds is 3. The van der Waals surface area contributed by atoms with Crippen LogP contribution >= 0.6 is 0 Å². The fourth-order valence-electron chi connectivity index (χ4n) is 2.15. The molecule has 0 spiro atoms. The summed E-state index contributed by atoms with van der Waals surface area (Å²) < 4.78 is 31.1. The summed E-state index contributed by atoms with van der Waals surface area (Å²) in [5.74, 6) is -1.69. The molecule has 0 bridgehead atoms. The van der Waals surface area contributed by atoms with E-state index in [0.29, 0.717) is 12.0 Å². The van der Waals surface area contributed by atoms with Crippen LogP contribution in [0.5, 0.6) is 0 Å². The number of hydrogen-bond acceptors (Lipinski definition) is 3. The largest absolute Gasteiger partial charge is 0.460 e. The number of nitrogens with two attached hydrogens (primary N) is 1. The molecule has 0 aliphatic carbocycles. The van der Waals surface area contributed by atoms with E-state index in [9.17, 15) is 13.6 Å². The van der Waals surface area contributed by atoms with E-state index in [1.807, 2.05) is 0 Å². The van der Waals surface area contributed by atoms with E-state index in [1.165, 1.54) is 12.1 Å². The summed E-state index contributed by atoms with van der Waals surface area (Å²) in [5, 5.41) is 0. The van der Waals surface area contributed by atoms with Gasteiger partial charge in [0.15, 0.2) is 0 Å². The Morgan fingerprint density at radius 2 is 2.00 bits per heavy atom. The zero-order valence-electron chi connectivity index (χ0n) is 10.0. The maximum atomic E-state index is 13.0. The lowest BCUT2D eigenvalue weighted by atomic mass is 9.97. The molecule has 2 rings (SSSR count). The Morgan fingerprint density at radius 1 is 1.39 bits per heavy atom. The van der Waals surface area contributed by atoms with Crippen LogP contribution in [0.1, 0.15) is 18.9 Å². The van der Waals surface area contributed by atoms with Gasteiger partial charge in [-0.25, -0.2) is 8.78 Å². The van der Waals surface area contributed by atoms with Gasteiger partial charge in [-0.1, -0.05) is 6.92 Å². The third-order valence-corrected chi connectivity index (χ3v) is 3.13. The van der Waals surface area contributed by atoms with Crippen molar-refractivity contribution in [2.75, 3.05) is 0 Å². The summed E-state index contributed by atoms with van der Waals surface area (Å²) in [6, 6.07) is 2.85. The number of cyclic esters (lactones) is 1. The fraction of sp³-hybridized carbons (Fsp3) is 0.462. The van der Waals surface area contributed by atoms with Gasteiger partial charge in [-0.3, -0.25) is 4.79 Å². The highest BCUT2D eigenvalue weighted by Gasteiger charge is 2.34. The summed E-state index contributed by atoms with van der Waals surface area (Å²) >= 11 is 0. The van der Waals surface area contributed by atoms with E-state index < -0.39 is 17.7 Å². The Kier molecular flexibility index (Phi) is 3.61. The second kappa shape index (κ2) is 5.02. The number of esters is 1. The lowest BCUT2D eigenvalue weighted by molar-refractivity contribution is -0.144. The van der Waals surface area contributed by atoms with Crippen LogP contribution < -0.4 is 5.73 Å². The minimum Gasteiger partial charge on any atom is -0.460 e. The van der Waals surface area contributed by atoms with Gasteiger partial charge in [0, 0.05) is 12.1 Å². The van der Waals surface area contributed by atoms with Gasteiger partial charge in [0.25, 0.3) is 0 Å². The summed E-state index contributed by atoms with van der Waals surface area (Å²) in [4.78, 5) is 11.3. The lowest BCUT2D eigenvalue weighted by Gasteiger charge is -2.18. The van der Waals surface area contributed by atoms with Crippen LogP contribution in [0.25, 0.3) is 0 Å². The Bertz CT molecular complexity index is 444. The molecule has 3 unspecified atom stereocenters. The van der Waals surface area contributed by atoms with Gasteiger partial charge in [0.1, 0.15) is 17.7 Å². The quantitative estimate of drug-likeness (QED) is 0.838. The highest BCUT2D eigenvalue weighted by Crippen LogP contribution is 2.23. The first-order valence-corrected chi connectivity index (χ1v) is 5.86. The third-order valence-electron chi connectivity index (χ3n) is 3.13.